The fourth-order valence-electron chi connectivity index (χ4n) is 4.62. The fourth-order valence-corrected chi connectivity index (χ4v) is 4.79. The minimum absolute atomic E-state index is 0.0454. The Morgan fingerprint density at radius 3 is 2.51 bits per heavy atom. The number of carbonyl (C=O) groups excluding carboxylic acids is 2. The zero-order chi connectivity index (χ0) is 25.3. The van der Waals surface area contributed by atoms with Crippen molar-refractivity contribution in [1.82, 2.24) is 19.8 Å². The van der Waals surface area contributed by atoms with Crippen LogP contribution in [0.25, 0.3) is 0 Å². The third-order valence-corrected chi connectivity index (χ3v) is 6.66. The van der Waals surface area contributed by atoms with Crippen LogP contribution in [0.5, 0.6) is 0 Å². The lowest BCUT2D eigenvalue weighted by molar-refractivity contribution is 0.0896. The number of ketones is 1. The first-order valence-electron chi connectivity index (χ1n) is 12.0. The van der Waals surface area contributed by atoms with Crippen molar-refractivity contribution in [3.05, 3.63) is 46.0 Å². The molecule has 1 aromatic carbocycles. The second-order valence-corrected chi connectivity index (χ2v) is 10.1. The standard InChI is InChI=1S/C25H32ClFN6O2/c1-15(2)28-23-24(30-21-14-33(25(35)31(3)4)12-9-20(21)29-23)32-10-7-16(8-11-32)22(34)18-13-17(26)5-6-19(18)27/h5-6,13,15-16H,7-12,14H2,1-4H3,(H,28,29). The number of aromatic nitrogens is 2. The highest BCUT2D eigenvalue weighted by Gasteiger charge is 2.31. The minimum Gasteiger partial charge on any atom is -0.365 e. The zero-order valence-electron chi connectivity index (χ0n) is 20.6. The Labute approximate surface area is 210 Å². The molecular formula is C25H32ClFN6O2. The summed E-state index contributed by atoms with van der Waals surface area (Å²) in [7, 11) is 3.48. The number of amides is 2. The predicted octanol–water partition coefficient (Wildman–Crippen LogP) is 4.23. The number of hydrogen-bond acceptors (Lipinski definition) is 6. The summed E-state index contributed by atoms with van der Waals surface area (Å²) in [6.07, 6.45) is 1.81. The quantitative estimate of drug-likeness (QED) is 0.616. The molecule has 2 aliphatic rings. The Hall–Kier alpha value is -2.94. The summed E-state index contributed by atoms with van der Waals surface area (Å²) < 4.78 is 14.2. The Kier molecular flexibility index (Phi) is 7.44. The van der Waals surface area contributed by atoms with Gasteiger partial charge in [-0.15, -0.1) is 0 Å². The fraction of sp³-hybridized carbons (Fsp3) is 0.520. The molecule has 2 amide bonds. The Morgan fingerprint density at radius 2 is 1.86 bits per heavy atom. The summed E-state index contributed by atoms with van der Waals surface area (Å²) in [6, 6.07) is 4.21. The number of hydrogen-bond donors (Lipinski definition) is 1. The van der Waals surface area contributed by atoms with Gasteiger partial charge in [-0.3, -0.25) is 4.79 Å². The maximum atomic E-state index is 14.2. The smallest absolute Gasteiger partial charge is 0.319 e. The largest absolute Gasteiger partial charge is 0.365 e. The van der Waals surface area contributed by atoms with Crippen molar-refractivity contribution in [2.45, 2.75) is 45.7 Å². The van der Waals surface area contributed by atoms with Crippen molar-refractivity contribution < 1.29 is 14.0 Å². The average Bonchev–Trinajstić information content (AvgIpc) is 2.83. The number of carbonyl (C=O) groups is 2. The molecule has 4 rings (SSSR count). The summed E-state index contributed by atoms with van der Waals surface area (Å²) >= 11 is 5.99. The molecule has 1 saturated heterocycles. The minimum atomic E-state index is -0.539. The first-order chi connectivity index (χ1) is 16.6. The van der Waals surface area contributed by atoms with Gasteiger partial charge < -0.3 is 20.0 Å². The lowest BCUT2D eigenvalue weighted by Gasteiger charge is -2.35. The van der Waals surface area contributed by atoms with Gasteiger partial charge in [0, 0.05) is 57.1 Å². The van der Waals surface area contributed by atoms with Crippen molar-refractivity contribution >= 4 is 35.1 Å². The van der Waals surface area contributed by atoms with Gasteiger partial charge in [-0.05, 0) is 44.9 Å². The lowest BCUT2D eigenvalue weighted by Crippen LogP contribution is -2.43. The molecule has 2 aromatic rings. The van der Waals surface area contributed by atoms with Crippen LogP contribution < -0.4 is 10.2 Å². The van der Waals surface area contributed by atoms with Gasteiger partial charge in [0.1, 0.15) is 5.82 Å². The molecule has 2 aliphatic heterocycles. The molecule has 0 bridgehead atoms. The van der Waals surface area contributed by atoms with Crippen molar-refractivity contribution in [1.29, 1.82) is 0 Å². The van der Waals surface area contributed by atoms with E-state index in [1.165, 1.54) is 18.2 Å². The van der Waals surface area contributed by atoms with E-state index in [0.717, 1.165) is 23.0 Å². The van der Waals surface area contributed by atoms with Crippen molar-refractivity contribution in [2.75, 3.05) is 43.9 Å². The Morgan fingerprint density at radius 1 is 1.14 bits per heavy atom. The van der Waals surface area contributed by atoms with Crippen LogP contribution in [-0.4, -0.2) is 71.4 Å². The van der Waals surface area contributed by atoms with Gasteiger partial charge in [0.15, 0.2) is 17.4 Å². The first kappa shape index (κ1) is 25.2. The highest BCUT2D eigenvalue weighted by molar-refractivity contribution is 6.31. The second kappa shape index (κ2) is 10.4. The molecule has 0 atom stereocenters. The van der Waals surface area contributed by atoms with Crippen molar-refractivity contribution in [3.8, 4) is 0 Å². The van der Waals surface area contributed by atoms with Crippen molar-refractivity contribution in [2.24, 2.45) is 5.92 Å². The third kappa shape index (κ3) is 5.50. The molecule has 8 nitrogen and oxygen atoms in total. The van der Waals surface area contributed by atoms with Crippen LogP contribution in [0.2, 0.25) is 5.02 Å². The highest BCUT2D eigenvalue weighted by Crippen LogP contribution is 2.32. The van der Waals surface area contributed by atoms with Gasteiger partial charge in [-0.25, -0.2) is 19.2 Å². The highest BCUT2D eigenvalue weighted by atomic mass is 35.5. The van der Waals surface area contributed by atoms with Crippen LogP contribution in [0.3, 0.4) is 0 Å². The average molecular weight is 503 g/mol. The number of piperidine rings is 1. The maximum Gasteiger partial charge on any atom is 0.319 e. The van der Waals surface area contributed by atoms with E-state index in [2.05, 4.69) is 10.2 Å². The van der Waals surface area contributed by atoms with E-state index in [0.29, 0.717) is 50.5 Å². The van der Waals surface area contributed by atoms with E-state index in [1.54, 1.807) is 23.9 Å². The van der Waals surface area contributed by atoms with Crippen LogP contribution in [0, 0.1) is 11.7 Å². The van der Waals surface area contributed by atoms with E-state index < -0.39 is 5.82 Å². The summed E-state index contributed by atoms with van der Waals surface area (Å²) in [4.78, 5) is 40.8. The van der Waals surface area contributed by atoms with Gasteiger partial charge in [0.25, 0.3) is 0 Å². The molecule has 0 spiro atoms. The van der Waals surface area contributed by atoms with Crippen LogP contribution >= 0.6 is 11.6 Å². The van der Waals surface area contributed by atoms with Crippen molar-refractivity contribution in [3.63, 3.8) is 0 Å². The monoisotopic (exact) mass is 502 g/mol. The summed E-state index contributed by atoms with van der Waals surface area (Å²) in [5.41, 5.74) is 1.76. The molecule has 188 valence electrons. The molecular weight excluding hydrogens is 471 g/mol. The molecule has 10 heteroatoms. The number of rotatable bonds is 5. The van der Waals surface area contributed by atoms with E-state index in [-0.39, 0.29) is 29.3 Å². The van der Waals surface area contributed by atoms with Gasteiger partial charge >= 0.3 is 6.03 Å². The molecule has 35 heavy (non-hydrogen) atoms. The SMILES string of the molecule is CC(C)Nc1nc2c(nc1N1CCC(C(=O)c3cc(Cl)ccc3F)CC1)CN(C(=O)N(C)C)CC2. The lowest BCUT2D eigenvalue weighted by atomic mass is 9.88. The molecule has 1 fully saturated rings. The number of benzene rings is 1. The Bertz CT molecular complexity index is 1120. The number of urea groups is 1. The van der Waals surface area contributed by atoms with Crippen LogP contribution in [0.4, 0.5) is 20.8 Å². The van der Waals surface area contributed by atoms with Gasteiger partial charge in [0.2, 0.25) is 0 Å². The molecule has 1 N–H and O–H groups in total. The Balaban J connectivity index is 1.54. The molecule has 0 saturated carbocycles. The van der Waals surface area contributed by atoms with Crippen LogP contribution in [-0.2, 0) is 13.0 Å². The third-order valence-electron chi connectivity index (χ3n) is 6.43. The first-order valence-corrected chi connectivity index (χ1v) is 12.4. The summed E-state index contributed by atoms with van der Waals surface area (Å²) in [6.45, 7) is 6.31. The second-order valence-electron chi connectivity index (χ2n) is 9.69. The predicted molar refractivity (Wildman–Crippen MR) is 135 cm³/mol. The molecule has 3 heterocycles. The van der Waals surface area contributed by atoms with Gasteiger partial charge in [-0.1, -0.05) is 11.6 Å². The number of fused-ring (bicyclic) bond motifs is 1. The zero-order valence-corrected chi connectivity index (χ0v) is 21.4. The topological polar surface area (TPSA) is 81.7 Å². The summed E-state index contributed by atoms with van der Waals surface area (Å²) in [5, 5.41) is 3.76. The summed E-state index contributed by atoms with van der Waals surface area (Å²) in [5.74, 6) is 0.426. The normalized spacial score (nSPS) is 16.3. The number of Topliss-reactive ketones (excluding diaryl/α,β-unsaturated/α-hetero) is 1. The number of halogens is 2. The van der Waals surface area contributed by atoms with Crippen LogP contribution in [0.15, 0.2) is 18.2 Å². The molecule has 0 aliphatic carbocycles. The van der Waals surface area contributed by atoms with E-state index in [4.69, 9.17) is 21.6 Å². The molecule has 0 radical (unpaired) electrons. The number of nitrogens with one attached hydrogen (secondary N) is 1. The van der Waals surface area contributed by atoms with E-state index in [9.17, 15) is 14.0 Å². The van der Waals surface area contributed by atoms with Gasteiger partial charge in [0.05, 0.1) is 23.5 Å². The molecule has 0 unspecified atom stereocenters. The van der Waals surface area contributed by atoms with E-state index >= 15 is 0 Å². The maximum absolute atomic E-state index is 14.2. The van der Waals surface area contributed by atoms with E-state index in [1.807, 2.05) is 13.8 Å². The van der Waals surface area contributed by atoms with Crippen LogP contribution in [0.1, 0.15) is 48.4 Å². The van der Waals surface area contributed by atoms with Gasteiger partial charge in [-0.2, -0.15) is 0 Å². The molecule has 1 aromatic heterocycles. The number of anilines is 2. The number of nitrogens with zero attached hydrogens (tertiary/aromatic N) is 5.